The average Bonchev–Trinajstić information content (AvgIpc) is 3.17. The Morgan fingerprint density at radius 2 is 2.08 bits per heavy atom. The Balaban J connectivity index is 1.40. The fourth-order valence-corrected chi connectivity index (χ4v) is 3.41. The van der Waals surface area contributed by atoms with Gasteiger partial charge in [-0.25, -0.2) is 0 Å². The van der Waals surface area contributed by atoms with Gasteiger partial charge in [0.2, 0.25) is 0 Å². The number of hydrogen-bond donors (Lipinski definition) is 2. The van der Waals surface area contributed by atoms with Gasteiger partial charge in [-0.15, -0.1) is 0 Å². The van der Waals surface area contributed by atoms with Crippen LogP contribution in [0, 0.1) is 0 Å². The van der Waals surface area contributed by atoms with E-state index in [1.165, 1.54) is 5.56 Å². The molecule has 1 aliphatic carbocycles. The van der Waals surface area contributed by atoms with Crippen LogP contribution in [0.4, 0.5) is 5.69 Å². The van der Waals surface area contributed by atoms with Crippen molar-refractivity contribution in [1.29, 1.82) is 0 Å². The maximum Gasteiger partial charge on any atom is 0.255 e. The Morgan fingerprint density at radius 1 is 1.19 bits per heavy atom. The molecule has 0 aliphatic heterocycles. The Labute approximate surface area is 152 Å². The number of carbonyl (C=O) groups is 1. The predicted octanol–water partition coefficient (Wildman–Crippen LogP) is 4.09. The lowest BCUT2D eigenvalue weighted by atomic mass is 9.93. The molecule has 2 aromatic heterocycles. The van der Waals surface area contributed by atoms with E-state index in [1.807, 2.05) is 18.2 Å². The van der Waals surface area contributed by atoms with Crippen LogP contribution in [0.25, 0.3) is 0 Å². The van der Waals surface area contributed by atoms with Crippen molar-refractivity contribution in [2.75, 3.05) is 5.32 Å². The van der Waals surface area contributed by atoms with Crippen LogP contribution in [0.5, 0.6) is 0 Å². The molecule has 0 fully saturated rings. The normalized spacial score (nSPS) is 16.1. The molecule has 1 amide bonds. The van der Waals surface area contributed by atoms with Crippen molar-refractivity contribution >= 4 is 11.6 Å². The van der Waals surface area contributed by atoms with Gasteiger partial charge in [0.05, 0.1) is 6.26 Å². The highest BCUT2D eigenvalue weighted by Gasteiger charge is 2.21. The van der Waals surface area contributed by atoms with E-state index in [1.54, 1.807) is 30.8 Å². The van der Waals surface area contributed by atoms with Crippen LogP contribution in [0.15, 0.2) is 65.5 Å². The third-order valence-corrected chi connectivity index (χ3v) is 4.73. The van der Waals surface area contributed by atoms with Crippen LogP contribution < -0.4 is 10.6 Å². The van der Waals surface area contributed by atoms with Gasteiger partial charge in [0.15, 0.2) is 0 Å². The molecule has 2 heterocycles. The minimum atomic E-state index is -0.132. The van der Waals surface area contributed by atoms with Crippen LogP contribution in [0.1, 0.15) is 46.1 Å². The van der Waals surface area contributed by atoms with Crippen molar-refractivity contribution in [3.8, 4) is 0 Å². The molecule has 2 N–H and O–H groups in total. The summed E-state index contributed by atoms with van der Waals surface area (Å²) in [7, 11) is 0. The number of benzene rings is 1. The molecule has 4 rings (SSSR count). The minimum Gasteiger partial charge on any atom is -0.469 e. The maximum atomic E-state index is 12.3. The average molecular weight is 347 g/mol. The van der Waals surface area contributed by atoms with Gasteiger partial charge in [-0.05, 0) is 48.7 Å². The Bertz CT molecular complexity index is 889. The van der Waals surface area contributed by atoms with E-state index in [-0.39, 0.29) is 5.91 Å². The van der Waals surface area contributed by atoms with Gasteiger partial charge in [0.1, 0.15) is 5.76 Å². The van der Waals surface area contributed by atoms with E-state index in [4.69, 9.17) is 4.42 Å². The zero-order valence-corrected chi connectivity index (χ0v) is 14.4. The molecule has 0 radical (unpaired) electrons. The third kappa shape index (κ3) is 3.68. The number of nitrogens with one attached hydrogen (secondary N) is 2. The Morgan fingerprint density at radius 3 is 2.96 bits per heavy atom. The number of aryl methyl sites for hydroxylation is 1. The summed E-state index contributed by atoms with van der Waals surface area (Å²) in [6, 6.07) is 13.7. The summed E-state index contributed by atoms with van der Waals surface area (Å²) in [5, 5.41) is 6.55. The van der Waals surface area contributed by atoms with Crippen molar-refractivity contribution in [2.45, 2.75) is 31.8 Å². The van der Waals surface area contributed by atoms with E-state index in [0.29, 0.717) is 11.6 Å². The number of carbonyl (C=O) groups excluding carboxylic acids is 1. The molecule has 0 bridgehead atoms. The van der Waals surface area contributed by atoms with Crippen LogP contribution in [0.3, 0.4) is 0 Å². The number of pyridine rings is 1. The van der Waals surface area contributed by atoms with Gasteiger partial charge in [0.25, 0.3) is 5.91 Å². The van der Waals surface area contributed by atoms with E-state index < -0.39 is 0 Å². The first-order valence-corrected chi connectivity index (χ1v) is 8.89. The fraction of sp³-hybridized carbons (Fsp3) is 0.238. The summed E-state index contributed by atoms with van der Waals surface area (Å²) >= 11 is 0. The molecule has 0 spiro atoms. The second-order valence-corrected chi connectivity index (χ2v) is 6.52. The summed E-state index contributed by atoms with van der Waals surface area (Å²) in [4.78, 5) is 16.2. The minimum absolute atomic E-state index is 0.132. The number of anilines is 1. The standard InChI is InChI=1S/C21H21N3O2/c25-21(16-7-10-22-11-8-16)24-17-4-1-3-15(13-17)14-23-19-5-2-6-20-18(19)9-12-26-20/h1,3-4,7-13,19,23H,2,5-6,14H2,(H,24,25)/t19-/m1/s1. The zero-order valence-electron chi connectivity index (χ0n) is 14.4. The molecule has 5 nitrogen and oxygen atoms in total. The maximum absolute atomic E-state index is 12.3. The summed E-state index contributed by atoms with van der Waals surface area (Å²) in [6.45, 7) is 0.744. The van der Waals surface area contributed by atoms with Gasteiger partial charge in [-0.3, -0.25) is 9.78 Å². The summed E-state index contributed by atoms with van der Waals surface area (Å²) in [6.07, 6.45) is 8.29. The molecule has 1 aromatic carbocycles. The molecule has 0 saturated heterocycles. The van der Waals surface area contributed by atoms with Crippen LogP contribution >= 0.6 is 0 Å². The largest absolute Gasteiger partial charge is 0.469 e. The zero-order chi connectivity index (χ0) is 17.8. The van der Waals surface area contributed by atoms with Crippen molar-refractivity contribution in [2.24, 2.45) is 0 Å². The number of rotatable bonds is 5. The van der Waals surface area contributed by atoms with Gasteiger partial charge in [0, 0.05) is 48.2 Å². The topological polar surface area (TPSA) is 67.2 Å². The fourth-order valence-electron chi connectivity index (χ4n) is 3.41. The van der Waals surface area contributed by atoms with E-state index >= 15 is 0 Å². The SMILES string of the molecule is O=C(Nc1cccc(CN[C@@H]2CCCc3occc32)c1)c1ccncc1. The summed E-state index contributed by atoms with van der Waals surface area (Å²) in [5.74, 6) is 0.972. The first-order chi connectivity index (χ1) is 12.8. The highest BCUT2D eigenvalue weighted by atomic mass is 16.3. The summed E-state index contributed by atoms with van der Waals surface area (Å²) < 4.78 is 5.55. The van der Waals surface area contributed by atoms with Gasteiger partial charge < -0.3 is 15.1 Å². The number of aromatic nitrogens is 1. The number of nitrogens with zero attached hydrogens (tertiary/aromatic N) is 1. The highest BCUT2D eigenvalue weighted by Crippen LogP contribution is 2.30. The number of fused-ring (bicyclic) bond motifs is 1. The second-order valence-electron chi connectivity index (χ2n) is 6.52. The summed E-state index contributed by atoms with van der Waals surface area (Å²) in [5.41, 5.74) is 3.79. The monoisotopic (exact) mass is 347 g/mol. The smallest absolute Gasteiger partial charge is 0.255 e. The van der Waals surface area contributed by atoms with Crippen molar-refractivity contribution < 1.29 is 9.21 Å². The van der Waals surface area contributed by atoms with Crippen molar-refractivity contribution in [1.82, 2.24) is 10.3 Å². The number of furan rings is 1. The van der Waals surface area contributed by atoms with Crippen LogP contribution in [-0.2, 0) is 13.0 Å². The van der Waals surface area contributed by atoms with E-state index in [9.17, 15) is 4.79 Å². The molecular formula is C21H21N3O2. The molecule has 0 saturated carbocycles. The number of amides is 1. The Kier molecular flexibility index (Phi) is 4.80. The van der Waals surface area contributed by atoms with Gasteiger partial charge in [-0.2, -0.15) is 0 Å². The first-order valence-electron chi connectivity index (χ1n) is 8.89. The molecule has 3 aromatic rings. The molecule has 5 heteroatoms. The van der Waals surface area contributed by atoms with Crippen molar-refractivity contribution in [3.05, 3.63) is 83.6 Å². The molecule has 0 unspecified atom stereocenters. The Hall–Kier alpha value is -2.92. The van der Waals surface area contributed by atoms with Crippen LogP contribution in [-0.4, -0.2) is 10.9 Å². The highest BCUT2D eigenvalue weighted by molar-refractivity contribution is 6.04. The van der Waals surface area contributed by atoms with Gasteiger partial charge >= 0.3 is 0 Å². The third-order valence-electron chi connectivity index (χ3n) is 4.73. The van der Waals surface area contributed by atoms with Gasteiger partial charge in [-0.1, -0.05) is 12.1 Å². The lowest BCUT2D eigenvalue weighted by Crippen LogP contribution is -2.24. The molecule has 1 aliphatic rings. The first kappa shape index (κ1) is 16.5. The number of hydrogen-bond acceptors (Lipinski definition) is 4. The van der Waals surface area contributed by atoms with Crippen molar-refractivity contribution in [3.63, 3.8) is 0 Å². The molecular weight excluding hydrogens is 326 g/mol. The van der Waals surface area contributed by atoms with Crippen LogP contribution in [0.2, 0.25) is 0 Å². The second kappa shape index (κ2) is 7.54. The predicted molar refractivity (Wildman–Crippen MR) is 99.9 cm³/mol. The molecule has 1 atom stereocenters. The lowest BCUT2D eigenvalue weighted by molar-refractivity contribution is 0.102. The molecule has 132 valence electrons. The molecule has 26 heavy (non-hydrogen) atoms. The quantitative estimate of drug-likeness (QED) is 0.729. The lowest BCUT2D eigenvalue weighted by Gasteiger charge is -2.23. The van der Waals surface area contributed by atoms with E-state index in [2.05, 4.69) is 27.8 Å². The van der Waals surface area contributed by atoms with E-state index in [0.717, 1.165) is 42.8 Å².